The van der Waals surface area contributed by atoms with Crippen molar-refractivity contribution in [3.05, 3.63) is 54.9 Å². The van der Waals surface area contributed by atoms with E-state index in [0.29, 0.717) is 13.2 Å². The molecule has 0 aliphatic carbocycles. The fraction of sp³-hybridized carbons (Fsp3) is 0.235. The molecule has 1 aliphatic rings. The number of fused-ring (bicyclic) bond motifs is 1. The van der Waals surface area contributed by atoms with E-state index in [-0.39, 0.29) is 6.04 Å². The van der Waals surface area contributed by atoms with Gasteiger partial charge in [0.1, 0.15) is 25.4 Å². The summed E-state index contributed by atoms with van der Waals surface area (Å²) in [6.07, 6.45) is 7.06. The Bertz CT molecular complexity index is 816. The van der Waals surface area contributed by atoms with Gasteiger partial charge < -0.3 is 14.0 Å². The van der Waals surface area contributed by atoms with Crippen LogP contribution in [-0.2, 0) is 0 Å². The normalized spacial score (nSPS) is 14.5. The summed E-state index contributed by atoms with van der Waals surface area (Å²) in [5.41, 5.74) is 1.93. The Hall–Kier alpha value is -2.89. The molecule has 1 aromatic carbocycles. The van der Waals surface area contributed by atoms with Crippen LogP contribution < -0.4 is 9.47 Å². The van der Waals surface area contributed by atoms with E-state index < -0.39 is 0 Å². The van der Waals surface area contributed by atoms with Gasteiger partial charge in [-0.2, -0.15) is 0 Å². The highest BCUT2D eigenvalue weighted by molar-refractivity contribution is 5.62. The van der Waals surface area contributed by atoms with Crippen molar-refractivity contribution < 1.29 is 9.47 Å². The lowest BCUT2D eigenvalue weighted by Gasteiger charge is -2.20. The van der Waals surface area contributed by atoms with Gasteiger partial charge in [-0.1, -0.05) is 0 Å². The number of benzene rings is 1. The average Bonchev–Trinajstić information content (AvgIpc) is 3.11. The molecule has 0 saturated heterocycles. The summed E-state index contributed by atoms with van der Waals surface area (Å²) >= 11 is 0. The van der Waals surface area contributed by atoms with E-state index in [2.05, 4.69) is 26.4 Å². The Kier molecular flexibility index (Phi) is 3.42. The van der Waals surface area contributed by atoms with Gasteiger partial charge in [0.25, 0.3) is 0 Å². The Morgan fingerprint density at radius 3 is 2.74 bits per heavy atom. The minimum Gasteiger partial charge on any atom is -0.486 e. The van der Waals surface area contributed by atoms with E-state index in [1.54, 1.807) is 18.7 Å². The third-order valence-corrected chi connectivity index (χ3v) is 3.92. The van der Waals surface area contributed by atoms with Crippen molar-refractivity contribution >= 4 is 0 Å². The fourth-order valence-corrected chi connectivity index (χ4v) is 2.72. The number of ether oxygens (including phenoxy) is 2. The number of rotatable bonds is 3. The monoisotopic (exact) mass is 308 g/mol. The third kappa shape index (κ3) is 2.52. The van der Waals surface area contributed by atoms with E-state index in [1.807, 2.05) is 30.5 Å². The van der Waals surface area contributed by atoms with Gasteiger partial charge >= 0.3 is 0 Å². The van der Waals surface area contributed by atoms with Gasteiger partial charge in [-0.25, -0.2) is 15.0 Å². The molecule has 4 rings (SSSR count). The first-order valence-corrected chi connectivity index (χ1v) is 7.52. The first kappa shape index (κ1) is 13.8. The van der Waals surface area contributed by atoms with Crippen molar-refractivity contribution in [1.82, 2.24) is 19.5 Å². The summed E-state index contributed by atoms with van der Waals surface area (Å²) in [5.74, 6) is 2.41. The molecule has 6 heteroatoms. The number of imidazole rings is 1. The summed E-state index contributed by atoms with van der Waals surface area (Å²) in [5, 5.41) is 0. The lowest BCUT2D eigenvalue weighted by molar-refractivity contribution is 0.171. The molecule has 1 atom stereocenters. The first-order chi connectivity index (χ1) is 11.3. The molecule has 1 unspecified atom stereocenters. The standard InChI is InChI=1S/C17H16N4O2/c1-12(14-4-5-18-11-20-14)21-7-6-19-17(21)13-2-3-15-16(10-13)23-9-8-22-15/h2-7,10-12H,8-9H2,1H3. The SMILES string of the molecule is CC(c1ccncn1)n1ccnc1-c1ccc2c(c1)OCCO2. The lowest BCUT2D eigenvalue weighted by atomic mass is 10.1. The first-order valence-electron chi connectivity index (χ1n) is 7.52. The highest BCUT2D eigenvalue weighted by atomic mass is 16.6. The minimum absolute atomic E-state index is 0.0590. The Balaban J connectivity index is 1.72. The van der Waals surface area contributed by atoms with Crippen LogP contribution in [0.2, 0.25) is 0 Å². The molecule has 6 nitrogen and oxygen atoms in total. The van der Waals surface area contributed by atoms with Crippen LogP contribution in [0.5, 0.6) is 11.5 Å². The van der Waals surface area contributed by atoms with Crippen molar-refractivity contribution in [3.63, 3.8) is 0 Å². The maximum absolute atomic E-state index is 5.66. The Morgan fingerprint density at radius 2 is 1.91 bits per heavy atom. The topological polar surface area (TPSA) is 62.1 Å². The molecule has 2 aromatic heterocycles. The largest absolute Gasteiger partial charge is 0.486 e. The number of aromatic nitrogens is 4. The predicted molar refractivity (Wildman–Crippen MR) is 84.5 cm³/mol. The molecule has 3 heterocycles. The lowest BCUT2D eigenvalue weighted by Crippen LogP contribution is -2.15. The summed E-state index contributed by atoms with van der Waals surface area (Å²) in [6, 6.07) is 7.87. The van der Waals surface area contributed by atoms with Gasteiger partial charge in [-0.15, -0.1) is 0 Å². The van der Waals surface area contributed by atoms with E-state index in [1.165, 1.54) is 0 Å². The van der Waals surface area contributed by atoms with E-state index >= 15 is 0 Å². The van der Waals surface area contributed by atoms with Gasteiger partial charge in [0.2, 0.25) is 0 Å². The molecule has 1 aliphatic heterocycles. The molecular formula is C17H16N4O2. The van der Waals surface area contributed by atoms with Crippen molar-refractivity contribution in [1.29, 1.82) is 0 Å². The number of hydrogen-bond donors (Lipinski definition) is 0. The number of nitrogens with zero attached hydrogens (tertiary/aromatic N) is 4. The molecule has 0 fully saturated rings. The van der Waals surface area contributed by atoms with Gasteiger partial charge in [-0.05, 0) is 31.2 Å². The van der Waals surface area contributed by atoms with E-state index in [9.17, 15) is 0 Å². The molecule has 116 valence electrons. The molecule has 3 aromatic rings. The van der Waals surface area contributed by atoms with Gasteiger partial charge in [0.15, 0.2) is 11.5 Å². The second-order valence-electron chi connectivity index (χ2n) is 5.33. The van der Waals surface area contributed by atoms with Gasteiger partial charge in [0, 0.05) is 24.2 Å². The highest BCUT2D eigenvalue weighted by Crippen LogP contribution is 2.35. The second-order valence-corrected chi connectivity index (χ2v) is 5.33. The van der Waals surface area contributed by atoms with Gasteiger partial charge in [-0.3, -0.25) is 0 Å². The summed E-state index contributed by atoms with van der Waals surface area (Å²) < 4.78 is 13.3. The molecule has 0 radical (unpaired) electrons. The number of hydrogen-bond acceptors (Lipinski definition) is 5. The van der Waals surface area contributed by atoms with Crippen LogP contribution in [0.3, 0.4) is 0 Å². The van der Waals surface area contributed by atoms with Crippen LogP contribution in [0.1, 0.15) is 18.7 Å². The minimum atomic E-state index is 0.0590. The average molecular weight is 308 g/mol. The fourth-order valence-electron chi connectivity index (χ4n) is 2.72. The summed E-state index contributed by atoms with van der Waals surface area (Å²) in [6.45, 7) is 3.25. The van der Waals surface area contributed by atoms with Crippen LogP contribution in [0.4, 0.5) is 0 Å². The van der Waals surface area contributed by atoms with Crippen LogP contribution in [0.25, 0.3) is 11.4 Å². The van der Waals surface area contributed by atoms with Crippen LogP contribution in [0.15, 0.2) is 49.2 Å². The molecule has 0 amide bonds. The summed E-state index contributed by atoms with van der Waals surface area (Å²) in [4.78, 5) is 12.8. The molecule has 0 N–H and O–H groups in total. The molecule has 0 bridgehead atoms. The smallest absolute Gasteiger partial charge is 0.162 e. The summed E-state index contributed by atoms with van der Waals surface area (Å²) in [7, 11) is 0. The zero-order valence-corrected chi connectivity index (χ0v) is 12.7. The van der Waals surface area contributed by atoms with Crippen molar-refractivity contribution in [2.75, 3.05) is 13.2 Å². The Labute approximate surface area is 133 Å². The Morgan fingerprint density at radius 1 is 1.04 bits per heavy atom. The van der Waals surface area contributed by atoms with Crippen LogP contribution in [-0.4, -0.2) is 32.7 Å². The van der Waals surface area contributed by atoms with E-state index in [0.717, 1.165) is 28.6 Å². The highest BCUT2D eigenvalue weighted by Gasteiger charge is 2.17. The van der Waals surface area contributed by atoms with Crippen molar-refractivity contribution in [2.45, 2.75) is 13.0 Å². The molecular weight excluding hydrogens is 292 g/mol. The molecule has 0 spiro atoms. The maximum Gasteiger partial charge on any atom is 0.162 e. The zero-order valence-electron chi connectivity index (χ0n) is 12.7. The van der Waals surface area contributed by atoms with Crippen LogP contribution in [0, 0.1) is 0 Å². The zero-order chi connectivity index (χ0) is 15.6. The quantitative estimate of drug-likeness (QED) is 0.744. The predicted octanol–water partition coefficient (Wildman–Crippen LogP) is 2.72. The molecule has 23 heavy (non-hydrogen) atoms. The second kappa shape index (κ2) is 5.72. The maximum atomic E-state index is 5.66. The van der Waals surface area contributed by atoms with Gasteiger partial charge in [0.05, 0.1) is 11.7 Å². The van der Waals surface area contributed by atoms with Crippen molar-refractivity contribution in [2.24, 2.45) is 0 Å². The molecule has 0 saturated carbocycles. The van der Waals surface area contributed by atoms with Crippen molar-refractivity contribution in [3.8, 4) is 22.9 Å². The van der Waals surface area contributed by atoms with E-state index in [4.69, 9.17) is 9.47 Å². The van der Waals surface area contributed by atoms with Crippen LogP contribution >= 0.6 is 0 Å². The third-order valence-electron chi connectivity index (χ3n) is 3.92.